The van der Waals surface area contributed by atoms with E-state index in [0.29, 0.717) is 34.6 Å². The highest BCUT2D eigenvalue weighted by atomic mass is 35.5. The molecule has 2 rings (SSSR count). The molecule has 2 aromatic rings. The average Bonchev–Trinajstić information content (AvgIpc) is 2.53. The number of halogens is 2. The number of hydrogen-bond donors (Lipinski definition) is 2. The molecule has 0 aliphatic rings. The highest BCUT2D eigenvalue weighted by Gasteiger charge is 2.23. The largest absolute Gasteiger partial charge is 0.494 e. The number of ether oxygens (including phenoxy) is 1. The monoisotopic (exact) mass is 378 g/mol. The molecule has 0 spiro atoms. The first-order chi connectivity index (χ1) is 11.7. The topological polar surface area (TPSA) is 47.3 Å². The summed E-state index contributed by atoms with van der Waals surface area (Å²) in [7, 11) is 0. The van der Waals surface area contributed by atoms with E-state index in [4.69, 9.17) is 33.7 Å². The van der Waals surface area contributed by atoms with Crippen molar-refractivity contribution >= 4 is 40.3 Å². The highest BCUT2D eigenvalue weighted by molar-refractivity contribution is 6.35. The van der Waals surface area contributed by atoms with Crippen LogP contribution in [-0.4, -0.2) is 13.2 Å². The standard InChI is InChI=1S/C20H24Cl2N2O/c1-5-25-13(2)14-6-9-19(18(23)10-14)24-12-20(3,4)16-8-7-15(21)11-17(16)22/h6-11,24H,2,5,12,23H2,1,3-4H3. The molecule has 0 amide bonds. The van der Waals surface area contributed by atoms with Crippen LogP contribution < -0.4 is 11.1 Å². The Hall–Kier alpha value is -1.84. The zero-order valence-corrected chi connectivity index (χ0v) is 16.3. The van der Waals surface area contributed by atoms with Gasteiger partial charge in [0.2, 0.25) is 0 Å². The van der Waals surface area contributed by atoms with Crippen molar-refractivity contribution in [2.75, 3.05) is 24.2 Å². The Labute approximate surface area is 159 Å². The normalized spacial score (nSPS) is 11.2. The number of rotatable bonds is 7. The molecule has 134 valence electrons. The zero-order chi connectivity index (χ0) is 18.6. The van der Waals surface area contributed by atoms with Gasteiger partial charge in [-0.05, 0) is 42.8 Å². The van der Waals surface area contributed by atoms with Crippen molar-refractivity contribution in [3.05, 3.63) is 64.1 Å². The summed E-state index contributed by atoms with van der Waals surface area (Å²) in [5, 5.41) is 4.70. The molecule has 0 bridgehead atoms. The van der Waals surface area contributed by atoms with Crippen LogP contribution in [0.15, 0.2) is 43.0 Å². The van der Waals surface area contributed by atoms with Gasteiger partial charge in [0.1, 0.15) is 5.76 Å². The summed E-state index contributed by atoms with van der Waals surface area (Å²) in [5.41, 5.74) is 9.41. The quantitative estimate of drug-likeness (QED) is 0.460. The fraction of sp³-hybridized carbons (Fsp3) is 0.300. The lowest BCUT2D eigenvalue weighted by Gasteiger charge is -2.28. The maximum Gasteiger partial charge on any atom is 0.119 e. The van der Waals surface area contributed by atoms with Gasteiger partial charge < -0.3 is 15.8 Å². The van der Waals surface area contributed by atoms with Gasteiger partial charge in [0.05, 0.1) is 18.0 Å². The third kappa shape index (κ3) is 4.83. The minimum atomic E-state index is -0.193. The van der Waals surface area contributed by atoms with Gasteiger partial charge in [-0.15, -0.1) is 0 Å². The Kier molecular flexibility index (Phi) is 6.26. The molecule has 0 saturated carbocycles. The van der Waals surface area contributed by atoms with Gasteiger partial charge in [-0.2, -0.15) is 0 Å². The SMILES string of the molecule is C=C(OCC)c1ccc(NCC(C)(C)c2ccc(Cl)cc2Cl)c(N)c1. The molecular weight excluding hydrogens is 355 g/mol. The summed E-state index contributed by atoms with van der Waals surface area (Å²) >= 11 is 12.3. The van der Waals surface area contributed by atoms with Gasteiger partial charge in [-0.3, -0.25) is 0 Å². The average molecular weight is 379 g/mol. The van der Waals surface area contributed by atoms with Gasteiger partial charge in [0, 0.05) is 27.6 Å². The summed E-state index contributed by atoms with van der Waals surface area (Å²) in [6, 6.07) is 11.3. The summed E-state index contributed by atoms with van der Waals surface area (Å²) < 4.78 is 5.42. The van der Waals surface area contributed by atoms with E-state index < -0.39 is 0 Å². The van der Waals surface area contributed by atoms with Crippen LogP contribution in [0.25, 0.3) is 5.76 Å². The molecule has 0 aromatic heterocycles. The maximum absolute atomic E-state index is 6.35. The predicted octanol–water partition coefficient (Wildman–Crippen LogP) is 5.97. The van der Waals surface area contributed by atoms with E-state index in [1.807, 2.05) is 37.3 Å². The van der Waals surface area contributed by atoms with Gasteiger partial charge in [-0.1, -0.05) is 49.7 Å². The molecule has 0 saturated heterocycles. The molecule has 0 atom stereocenters. The van der Waals surface area contributed by atoms with E-state index in [0.717, 1.165) is 16.8 Å². The van der Waals surface area contributed by atoms with Gasteiger partial charge in [0.25, 0.3) is 0 Å². The Morgan fingerprint density at radius 1 is 1.20 bits per heavy atom. The highest BCUT2D eigenvalue weighted by Crippen LogP contribution is 2.33. The molecule has 0 aliphatic heterocycles. The molecule has 0 heterocycles. The maximum atomic E-state index is 6.35. The molecule has 25 heavy (non-hydrogen) atoms. The van der Waals surface area contributed by atoms with Crippen LogP contribution >= 0.6 is 23.2 Å². The second-order valence-corrected chi connectivity index (χ2v) is 7.36. The first kappa shape index (κ1) is 19.5. The number of nitrogen functional groups attached to an aromatic ring is 1. The molecule has 3 N–H and O–H groups in total. The van der Waals surface area contributed by atoms with E-state index in [9.17, 15) is 0 Å². The van der Waals surface area contributed by atoms with Gasteiger partial charge in [0.15, 0.2) is 0 Å². The Morgan fingerprint density at radius 3 is 2.52 bits per heavy atom. The molecule has 3 nitrogen and oxygen atoms in total. The smallest absolute Gasteiger partial charge is 0.119 e. The Morgan fingerprint density at radius 2 is 1.92 bits per heavy atom. The molecule has 0 fully saturated rings. The summed E-state index contributed by atoms with van der Waals surface area (Å²) in [6.07, 6.45) is 0. The van der Waals surface area contributed by atoms with E-state index in [1.54, 1.807) is 6.07 Å². The number of anilines is 2. The molecule has 2 aromatic carbocycles. The van der Waals surface area contributed by atoms with E-state index in [2.05, 4.69) is 25.7 Å². The van der Waals surface area contributed by atoms with E-state index in [1.165, 1.54) is 0 Å². The van der Waals surface area contributed by atoms with Crippen LogP contribution in [0.4, 0.5) is 11.4 Å². The minimum Gasteiger partial charge on any atom is -0.494 e. The number of nitrogens with two attached hydrogens (primary N) is 1. The second kappa shape index (κ2) is 8.03. The van der Waals surface area contributed by atoms with E-state index >= 15 is 0 Å². The van der Waals surface area contributed by atoms with Crippen LogP contribution in [0.5, 0.6) is 0 Å². The lowest BCUT2D eigenvalue weighted by molar-refractivity contribution is 0.299. The third-order valence-corrected chi connectivity index (χ3v) is 4.62. The third-order valence-electron chi connectivity index (χ3n) is 4.07. The summed E-state index contributed by atoms with van der Waals surface area (Å²) in [6.45, 7) is 11.3. The van der Waals surface area contributed by atoms with E-state index in [-0.39, 0.29) is 5.41 Å². The number of benzene rings is 2. The van der Waals surface area contributed by atoms with Gasteiger partial charge >= 0.3 is 0 Å². The van der Waals surface area contributed by atoms with Crippen molar-refractivity contribution in [2.24, 2.45) is 0 Å². The molecular formula is C20H24Cl2N2O. The predicted molar refractivity (Wildman–Crippen MR) is 109 cm³/mol. The van der Waals surface area contributed by atoms with Crippen LogP contribution in [0, 0.1) is 0 Å². The fourth-order valence-corrected chi connectivity index (χ4v) is 3.27. The van der Waals surface area contributed by atoms with Crippen LogP contribution in [-0.2, 0) is 10.2 Å². The first-order valence-electron chi connectivity index (χ1n) is 8.15. The van der Waals surface area contributed by atoms with Crippen molar-refractivity contribution in [1.29, 1.82) is 0 Å². The molecule has 5 heteroatoms. The number of hydrogen-bond acceptors (Lipinski definition) is 3. The van der Waals surface area contributed by atoms with Crippen molar-refractivity contribution in [1.82, 2.24) is 0 Å². The van der Waals surface area contributed by atoms with Crippen LogP contribution in [0.3, 0.4) is 0 Å². The van der Waals surface area contributed by atoms with Crippen molar-refractivity contribution in [2.45, 2.75) is 26.2 Å². The molecule has 0 unspecified atom stereocenters. The number of nitrogens with one attached hydrogen (secondary N) is 1. The zero-order valence-electron chi connectivity index (χ0n) is 14.8. The lowest BCUT2D eigenvalue weighted by Crippen LogP contribution is -2.28. The van der Waals surface area contributed by atoms with Crippen molar-refractivity contribution in [3.63, 3.8) is 0 Å². The van der Waals surface area contributed by atoms with Crippen LogP contribution in [0.1, 0.15) is 31.9 Å². The fourth-order valence-electron chi connectivity index (χ4n) is 2.60. The molecule has 0 aliphatic carbocycles. The summed E-state index contributed by atoms with van der Waals surface area (Å²) in [5.74, 6) is 0.619. The first-order valence-corrected chi connectivity index (χ1v) is 8.91. The molecule has 0 radical (unpaired) electrons. The summed E-state index contributed by atoms with van der Waals surface area (Å²) in [4.78, 5) is 0. The Balaban J connectivity index is 2.13. The van der Waals surface area contributed by atoms with Gasteiger partial charge in [-0.25, -0.2) is 0 Å². The Bertz CT molecular complexity index is 772. The van der Waals surface area contributed by atoms with Crippen LogP contribution in [0.2, 0.25) is 10.0 Å². The minimum absolute atomic E-state index is 0.193. The van der Waals surface area contributed by atoms with Crippen molar-refractivity contribution < 1.29 is 4.74 Å². The second-order valence-electron chi connectivity index (χ2n) is 6.52. The van der Waals surface area contributed by atoms with Crippen molar-refractivity contribution in [3.8, 4) is 0 Å². The lowest BCUT2D eigenvalue weighted by atomic mass is 9.84.